The molecule has 0 aliphatic carbocycles. The van der Waals surface area contributed by atoms with Gasteiger partial charge in [-0.15, -0.1) is 11.3 Å². The van der Waals surface area contributed by atoms with E-state index in [2.05, 4.69) is 65.1 Å². The molecule has 2 aliphatic rings. The molecule has 1 aromatic carbocycles. The van der Waals surface area contributed by atoms with E-state index in [-0.39, 0.29) is 0 Å². The monoisotopic (exact) mass is 399 g/mol. The SMILES string of the molecule is Cc1cc(C)cc(NC(=S)NC2C[C@H]3CCC[C@@H](C2)N3Cc2cccs2)c1. The standard InChI is InChI=1S/C22H29N3S2/c1-15-9-16(2)11-17(10-15)23-22(26)24-18-12-19-5-3-6-20(13-18)25(19)14-21-7-4-8-27-21/h4,7-11,18-20H,3,5-6,12-14H2,1-2H3,(H2,23,24,26)/t18?,19-,20+. The van der Waals surface area contributed by atoms with Crippen LogP contribution in [0, 0.1) is 13.8 Å². The van der Waals surface area contributed by atoms with Gasteiger partial charge >= 0.3 is 0 Å². The van der Waals surface area contributed by atoms with Gasteiger partial charge in [0.05, 0.1) is 0 Å². The number of nitrogens with zero attached hydrogens (tertiary/aromatic N) is 1. The molecule has 27 heavy (non-hydrogen) atoms. The van der Waals surface area contributed by atoms with Crippen molar-refractivity contribution in [2.75, 3.05) is 5.32 Å². The molecule has 1 aromatic heterocycles. The summed E-state index contributed by atoms with van der Waals surface area (Å²) in [7, 11) is 0. The van der Waals surface area contributed by atoms with Gasteiger partial charge in [0.25, 0.3) is 0 Å². The van der Waals surface area contributed by atoms with Gasteiger partial charge in [-0.1, -0.05) is 18.6 Å². The van der Waals surface area contributed by atoms with Gasteiger partial charge in [-0.2, -0.15) is 0 Å². The van der Waals surface area contributed by atoms with Crippen LogP contribution in [0.3, 0.4) is 0 Å². The second kappa shape index (κ2) is 8.29. The Balaban J connectivity index is 1.36. The van der Waals surface area contributed by atoms with E-state index in [9.17, 15) is 0 Å². The quantitative estimate of drug-likeness (QED) is 0.688. The lowest BCUT2D eigenvalue weighted by Gasteiger charge is -2.49. The van der Waals surface area contributed by atoms with Crippen molar-refractivity contribution in [1.82, 2.24) is 10.2 Å². The molecular weight excluding hydrogens is 370 g/mol. The van der Waals surface area contributed by atoms with Crippen LogP contribution in [0.2, 0.25) is 0 Å². The fraction of sp³-hybridized carbons (Fsp3) is 0.500. The van der Waals surface area contributed by atoms with E-state index in [0.29, 0.717) is 18.1 Å². The second-order valence-corrected chi connectivity index (χ2v) is 9.57. The lowest BCUT2D eigenvalue weighted by Crippen LogP contribution is -2.56. The predicted molar refractivity (Wildman–Crippen MR) is 120 cm³/mol. The highest BCUT2D eigenvalue weighted by atomic mass is 32.1. The van der Waals surface area contributed by atoms with E-state index in [1.54, 1.807) is 0 Å². The molecule has 3 heterocycles. The summed E-state index contributed by atoms with van der Waals surface area (Å²) in [6.07, 6.45) is 6.38. The molecule has 2 fully saturated rings. The van der Waals surface area contributed by atoms with Crippen LogP contribution in [-0.2, 0) is 6.54 Å². The smallest absolute Gasteiger partial charge is 0.170 e. The zero-order valence-electron chi connectivity index (χ0n) is 16.2. The van der Waals surface area contributed by atoms with Crippen LogP contribution >= 0.6 is 23.6 Å². The number of hydrogen-bond acceptors (Lipinski definition) is 3. The highest BCUT2D eigenvalue weighted by Gasteiger charge is 2.38. The molecule has 2 aliphatic heterocycles. The van der Waals surface area contributed by atoms with Gasteiger partial charge in [0.1, 0.15) is 0 Å². The maximum Gasteiger partial charge on any atom is 0.170 e. The Morgan fingerprint density at radius 2 is 1.85 bits per heavy atom. The van der Waals surface area contributed by atoms with E-state index >= 15 is 0 Å². The number of piperidine rings is 2. The maximum absolute atomic E-state index is 5.62. The Hall–Kier alpha value is -1.43. The molecule has 3 nitrogen and oxygen atoms in total. The third-order valence-electron chi connectivity index (χ3n) is 5.86. The summed E-state index contributed by atoms with van der Waals surface area (Å²) in [5.74, 6) is 0. The fourth-order valence-electron chi connectivity index (χ4n) is 4.84. The predicted octanol–water partition coefficient (Wildman–Crippen LogP) is 5.24. The summed E-state index contributed by atoms with van der Waals surface area (Å²) in [4.78, 5) is 4.25. The summed E-state index contributed by atoms with van der Waals surface area (Å²) < 4.78 is 0. The molecule has 2 saturated heterocycles. The van der Waals surface area contributed by atoms with E-state index in [4.69, 9.17) is 12.2 Å². The second-order valence-electron chi connectivity index (χ2n) is 8.13. The van der Waals surface area contributed by atoms with Crippen LogP contribution in [0.5, 0.6) is 0 Å². The maximum atomic E-state index is 5.62. The molecule has 5 heteroatoms. The first-order valence-corrected chi connectivity index (χ1v) is 11.3. The minimum Gasteiger partial charge on any atom is -0.360 e. The first-order valence-electron chi connectivity index (χ1n) is 10.0. The summed E-state index contributed by atoms with van der Waals surface area (Å²) in [6.45, 7) is 5.36. The zero-order valence-corrected chi connectivity index (χ0v) is 17.8. The minimum absolute atomic E-state index is 0.478. The van der Waals surface area contributed by atoms with Crippen molar-refractivity contribution in [3.63, 3.8) is 0 Å². The number of aryl methyl sites for hydroxylation is 2. The Bertz CT molecular complexity index is 753. The number of benzene rings is 1. The van der Waals surface area contributed by atoms with Gasteiger partial charge in [-0.05, 0) is 86.5 Å². The lowest BCUT2D eigenvalue weighted by molar-refractivity contribution is 0.0220. The van der Waals surface area contributed by atoms with Crippen molar-refractivity contribution in [3.05, 3.63) is 51.7 Å². The molecule has 2 N–H and O–H groups in total. The Morgan fingerprint density at radius 1 is 1.15 bits per heavy atom. The fourth-order valence-corrected chi connectivity index (χ4v) is 5.83. The van der Waals surface area contributed by atoms with Gasteiger partial charge < -0.3 is 10.6 Å². The van der Waals surface area contributed by atoms with Crippen molar-refractivity contribution in [2.24, 2.45) is 0 Å². The van der Waals surface area contributed by atoms with E-state index in [0.717, 1.165) is 17.3 Å². The van der Waals surface area contributed by atoms with Crippen molar-refractivity contribution < 1.29 is 0 Å². The molecule has 1 unspecified atom stereocenters. The van der Waals surface area contributed by atoms with Crippen molar-refractivity contribution >= 4 is 34.4 Å². The summed E-state index contributed by atoms with van der Waals surface area (Å²) in [6, 6.07) is 12.8. The minimum atomic E-state index is 0.478. The highest BCUT2D eigenvalue weighted by Crippen LogP contribution is 2.35. The van der Waals surface area contributed by atoms with E-state index < -0.39 is 0 Å². The van der Waals surface area contributed by atoms with Crippen molar-refractivity contribution in [1.29, 1.82) is 0 Å². The summed E-state index contributed by atoms with van der Waals surface area (Å²) in [5.41, 5.74) is 3.61. The van der Waals surface area contributed by atoms with Gasteiger partial charge in [-0.25, -0.2) is 0 Å². The molecule has 4 rings (SSSR count). The molecule has 3 atom stereocenters. The zero-order chi connectivity index (χ0) is 18.8. The van der Waals surface area contributed by atoms with Crippen LogP contribution in [-0.4, -0.2) is 28.1 Å². The van der Waals surface area contributed by atoms with Crippen molar-refractivity contribution in [3.8, 4) is 0 Å². The molecular formula is C22H29N3S2. The third kappa shape index (κ3) is 4.71. The van der Waals surface area contributed by atoms with Crippen LogP contribution in [0.4, 0.5) is 5.69 Å². The third-order valence-corrected chi connectivity index (χ3v) is 6.94. The first kappa shape index (κ1) is 18.9. The summed E-state index contributed by atoms with van der Waals surface area (Å²) in [5, 5.41) is 9.95. The van der Waals surface area contributed by atoms with Gasteiger partial charge in [0.2, 0.25) is 0 Å². The molecule has 2 bridgehead atoms. The summed E-state index contributed by atoms with van der Waals surface area (Å²) >= 11 is 7.51. The van der Waals surface area contributed by atoms with Crippen LogP contribution in [0.15, 0.2) is 35.7 Å². The number of hydrogen-bond donors (Lipinski definition) is 2. The number of anilines is 1. The molecule has 2 aromatic rings. The Labute approximate surface area is 172 Å². The Morgan fingerprint density at radius 3 is 2.48 bits per heavy atom. The van der Waals surface area contributed by atoms with Crippen LogP contribution in [0.1, 0.15) is 48.1 Å². The highest BCUT2D eigenvalue weighted by molar-refractivity contribution is 7.80. The molecule has 0 saturated carbocycles. The number of rotatable bonds is 4. The van der Waals surface area contributed by atoms with E-state index in [1.807, 2.05) is 11.3 Å². The van der Waals surface area contributed by atoms with Crippen LogP contribution < -0.4 is 10.6 Å². The largest absolute Gasteiger partial charge is 0.360 e. The molecule has 144 valence electrons. The average molecular weight is 400 g/mol. The number of fused-ring (bicyclic) bond motifs is 2. The topological polar surface area (TPSA) is 27.3 Å². The normalized spacial score (nSPS) is 25.2. The van der Waals surface area contributed by atoms with Gasteiger partial charge in [-0.3, -0.25) is 4.90 Å². The van der Waals surface area contributed by atoms with Crippen molar-refractivity contribution in [2.45, 2.75) is 70.6 Å². The van der Waals surface area contributed by atoms with Gasteiger partial charge in [0, 0.05) is 35.2 Å². The lowest BCUT2D eigenvalue weighted by atomic mass is 9.81. The van der Waals surface area contributed by atoms with Crippen LogP contribution in [0.25, 0.3) is 0 Å². The van der Waals surface area contributed by atoms with E-state index in [1.165, 1.54) is 48.1 Å². The number of nitrogens with one attached hydrogen (secondary N) is 2. The number of thiophene rings is 1. The average Bonchev–Trinajstić information content (AvgIpc) is 3.07. The Kier molecular flexibility index (Phi) is 5.81. The molecule has 0 spiro atoms. The first-order chi connectivity index (χ1) is 13.1. The van der Waals surface area contributed by atoms with Gasteiger partial charge in [0.15, 0.2) is 5.11 Å². The molecule has 0 amide bonds. The number of thiocarbonyl (C=S) groups is 1. The molecule has 0 radical (unpaired) electrons.